The van der Waals surface area contributed by atoms with Gasteiger partial charge in [-0.05, 0) is 49.9 Å². The summed E-state index contributed by atoms with van der Waals surface area (Å²) < 4.78 is 0. The third-order valence-electron chi connectivity index (χ3n) is 2.89. The lowest BCUT2D eigenvalue weighted by atomic mass is 9.94. The first-order valence-electron chi connectivity index (χ1n) is 4.47. The van der Waals surface area contributed by atoms with Gasteiger partial charge in [0.05, 0.1) is 6.21 Å². The molecule has 3 nitrogen and oxygen atoms in total. The molecule has 0 aliphatic rings. The Kier molecular flexibility index (Phi) is 2.79. The van der Waals surface area contributed by atoms with Crippen molar-refractivity contribution in [2.45, 2.75) is 27.7 Å². The first-order valence-corrected chi connectivity index (χ1v) is 4.47. The Bertz CT molecular complexity index is 366. The summed E-state index contributed by atoms with van der Waals surface area (Å²) in [4.78, 5) is 0. The molecule has 2 N–H and O–H groups in total. The highest BCUT2D eigenvalue weighted by Crippen LogP contribution is 2.30. The van der Waals surface area contributed by atoms with Crippen molar-refractivity contribution in [3.8, 4) is 5.75 Å². The first kappa shape index (κ1) is 10.6. The summed E-state index contributed by atoms with van der Waals surface area (Å²) in [6.07, 6.45) is 1.27. The molecule has 0 aromatic heterocycles. The number of hydrogen-bond donors (Lipinski definition) is 2. The average molecular weight is 193 g/mol. The average Bonchev–Trinajstić information content (AvgIpc) is 2.19. The van der Waals surface area contributed by atoms with Gasteiger partial charge < -0.3 is 10.3 Å². The molecule has 0 radical (unpaired) electrons. The Balaban J connectivity index is 3.59. The van der Waals surface area contributed by atoms with E-state index in [4.69, 9.17) is 5.21 Å². The molecule has 3 heteroatoms. The molecule has 0 bridgehead atoms. The quantitative estimate of drug-likeness (QED) is 0.409. The van der Waals surface area contributed by atoms with Gasteiger partial charge in [-0.25, -0.2) is 0 Å². The molecule has 0 fully saturated rings. The van der Waals surface area contributed by atoms with Gasteiger partial charge in [-0.3, -0.25) is 0 Å². The summed E-state index contributed by atoms with van der Waals surface area (Å²) in [6, 6.07) is 0. The zero-order valence-electron chi connectivity index (χ0n) is 8.92. The van der Waals surface area contributed by atoms with Crippen LogP contribution in [0.5, 0.6) is 5.75 Å². The molecule has 0 unspecified atom stereocenters. The molecule has 0 spiro atoms. The Morgan fingerprint density at radius 3 is 1.93 bits per heavy atom. The molecule has 76 valence electrons. The Morgan fingerprint density at radius 2 is 1.43 bits per heavy atom. The fraction of sp³-hybridized carbons (Fsp3) is 0.364. The van der Waals surface area contributed by atoms with Crippen LogP contribution in [0, 0.1) is 27.7 Å². The van der Waals surface area contributed by atoms with Crippen molar-refractivity contribution >= 4 is 6.21 Å². The van der Waals surface area contributed by atoms with Gasteiger partial charge in [0.2, 0.25) is 0 Å². The van der Waals surface area contributed by atoms with Gasteiger partial charge in [-0.1, -0.05) is 5.16 Å². The lowest BCUT2D eigenvalue weighted by Crippen LogP contribution is -1.98. The van der Waals surface area contributed by atoms with Crippen LogP contribution in [-0.4, -0.2) is 16.5 Å². The maximum absolute atomic E-state index is 9.81. The van der Waals surface area contributed by atoms with Gasteiger partial charge >= 0.3 is 0 Å². The number of phenols is 1. The van der Waals surface area contributed by atoms with Crippen LogP contribution in [0.1, 0.15) is 27.8 Å². The number of phenolic OH excluding ortho intramolecular Hbond substituents is 1. The number of hydrogen-bond acceptors (Lipinski definition) is 3. The number of oxime groups is 1. The molecular weight excluding hydrogens is 178 g/mol. The number of nitrogens with zero attached hydrogens (tertiary/aromatic N) is 1. The zero-order valence-corrected chi connectivity index (χ0v) is 8.92. The summed E-state index contributed by atoms with van der Waals surface area (Å²) >= 11 is 0. The Labute approximate surface area is 83.7 Å². The number of aromatic hydroxyl groups is 1. The number of benzene rings is 1. The van der Waals surface area contributed by atoms with E-state index >= 15 is 0 Å². The summed E-state index contributed by atoms with van der Waals surface area (Å²) in [5.41, 5.74) is 4.57. The van der Waals surface area contributed by atoms with E-state index < -0.39 is 0 Å². The minimum Gasteiger partial charge on any atom is -0.507 e. The second-order valence-corrected chi connectivity index (χ2v) is 3.51. The normalized spacial score (nSPS) is 11.1. The summed E-state index contributed by atoms with van der Waals surface area (Å²) in [6.45, 7) is 7.72. The fourth-order valence-corrected chi connectivity index (χ4v) is 1.54. The third-order valence-corrected chi connectivity index (χ3v) is 2.89. The highest BCUT2D eigenvalue weighted by Gasteiger charge is 2.12. The second kappa shape index (κ2) is 3.70. The number of rotatable bonds is 1. The van der Waals surface area contributed by atoms with Crippen molar-refractivity contribution in [3.63, 3.8) is 0 Å². The minimum atomic E-state index is 0.198. The highest BCUT2D eigenvalue weighted by atomic mass is 16.4. The molecule has 1 rings (SSSR count). The van der Waals surface area contributed by atoms with Crippen LogP contribution in [0.4, 0.5) is 0 Å². The van der Waals surface area contributed by atoms with Crippen molar-refractivity contribution < 1.29 is 10.3 Å². The molecule has 0 heterocycles. The van der Waals surface area contributed by atoms with Crippen molar-refractivity contribution in [2.24, 2.45) is 5.16 Å². The predicted octanol–water partition coefficient (Wildman–Crippen LogP) is 2.43. The van der Waals surface area contributed by atoms with Crippen LogP contribution < -0.4 is 0 Å². The zero-order chi connectivity index (χ0) is 10.9. The van der Waals surface area contributed by atoms with E-state index in [0.29, 0.717) is 5.56 Å². The molecule has 1 aromatic carbocycles. The predicted molar refractivity (Wildman–Crippen MR) is 56.4 cm³/mol. The summed E-state index contributed by atoms with van der Waals surface area (Å²) in [5, 5.41) is 21.2. The largest absolute Gasteiger partial charge is 0.507 e. The smallest absolute Gasteiger partial charge is 0.127 e. The van der Waals surface area contributed by atoms with Crippen LogP contribution >= 0.6 is 0 Å². The van der Waals surface area contributed by atoms with E-state index in [0.717, 1.165) is 22.3 Å². The first-order chi connectivity index (χ1) is 6.50. The molecule has 1 aromatic rings. The van der Waals surface area contributed by atoms with Gasteiger partial charge in [-0.2, -0.15) is 0 Å². The van der Waals surface area contributed by atoms with Crippen LogP contribution in [0.2, 0.25) is 0 Å². The fourth-order valence-electron chi connectivity index (χ4n) is 1.54. The van der Waals surface area contributed by atoms with E-state index in [1.807, 2.05) is 27.7 Å². The SMILES string of the molecule is Cc1c(C)c(C)c(/C=N\O)c(O)c1C. The molecule has 0 amide bonds. The third kappa shape index (κ3) is 1.45. The lowest BCUT2D eigenvalue weighted by Gasteiger charge is -2.13. The molecular formula is C11H15NO2. The standard InChI is InChI=1S/C11H15NO2/c1-6-7(2)9(4)11(13)10(5-12-14)8(6)3/h5,13-14H,1-4H3/b12-5-. The van der Waals surface area contributed by atoms with Crippen molar-refractivity contribution in [1.29, 1.82) is 0 Å². The minimum absolute atomic E-state index is 0.198. The molecule has 0 saturated carbocycles. The topological polar surface area (TPSA) is 52.8 Å². The van der Waals surface area contributed by atoms with Gasteiger partial charge in [0, 0.05) is 5.56 Å². The van der Waals surface area contributed by atoms with Gasteiger partial charge in [0.15, 0.2) is 0 Å². The maximum atomic E-state index is 9.81. The molecule has 0 aliphatic heterocycles. The van der Waals surface area contributed by atoms with Crippen molar-refractivity contribution in [1.82, 2.24) is 0 Å². The van der Waals surface area contributed by atoms with Gasteiger partial charge in [0.25, 0.3) is 0 Å². The van der Waals surface area contributed by atoms with E-state index in [1.165, 1.54) is 6.21 Å². The van der Waals surface area contributed by atoms with Crippen LogP contribution in [-0.2, 0) is 0 Å². The van der Waals surface area contributed by atoms with E-state index in [9.17, 15) is 5.11 Å². The van der Waals surface area contributed by atoms with Crippen LogP contribution in [0.25, 0.3) is 0 Å². The molecule has 0 aliphatic carbocycles. The Hall–Kier alpha value is -1.51. The van der Waals surface area contributed by atoms with Crippen LogP contribution in [0.3, 0.4) is 0 Å². The van der Waals surface area contributed by atoms with E-state index in [1.54, 1.807) is 0 Å². The Morgan fingerprint density at radius 1 is 0.929 bits per heavy atom. The monoisotopic (exact) mass is 193 g/mol. The lowest BCUT2D eigenvalue weighted by molar-refractivity contribution is 0.321. The molecule has 0 atom stereocenters. The summed E-state index contributed by atoms with van der Waals surface area (Å²) in [5.74, 6) is 0.198. The van der Waals surface area contributed by atoms with Gasteiger partial charge in [-0.15, -0.1) is 0 Å². The maximum Gasteiger partial charge on any atom is 0.127 e. The van der Waals surface area contributed by atoms with Crippen molar-refractivity contribution in [2.75, 3.05) is 0 Å². The van der Waals surface area contributed by atoms with Crippen LogP contribution in [0.15, 0.2) is 5.16 Å². The van der Waals surface area contributed by atoms with Crippen molar-refractivity contribution in [3.05, 3.63) is 27.8 Å². The highest BCUT2D eigenvalue weighted by molar-refractivity contribution is 5.86. The molecule has 0 saturated heterocycles. The van der Waals surface area contributed by atoms with Gasteiger partial charge in [0.1, 0.15) is 5.75 Å². The van der Waals surface area contributed by atoms with E-state index in [2.05, 4.69) is 5.16 Å². The summed E-state index contributed by atoms with van der Waals surface area (Å²) in [7, 11) is 0. The molecule has 14 heavy (non-hydrogen) atoms. The second-order valence-electron chi connectivity index (χ2n) is 3.51. The van der Waals surface area contributed by atoms with E-state index in [-0.39, 0.29) is 5.75 Å².